The van der Waals surface area contributed by atoms with Gasteiger partial charge < -0.3 is 0 Å². The molecule has 3 aromatic rings. The van der Waals surface area contributed by atoms with Gasteiger partial charge in [-0.25, -0.2) is 9.67 Å². The molecule has 7 heteroatoms. The summed E-state index contributed by atoms with van der Waals surface area (Å²) in [4.78, 5) is 4.13. The number of aryl methyl sites for hydroxylation is 2. The zero-order valence-corrected chi connectivity index (χ0v) is 19.2. The van der Waals surface area contributed by atoms with Crippen LogP contribution in [0.25, 0.3) is 28.7 Å². The summed E-state index contributed by atoms with van der Waals surface area (Å²) in [6.45, 7) is 8.20. The second-order valence-electron chi connectivity index (χ2n) is 8.57. The zero-order chi connectivity index (χ0) is 23.3. The Morgan fingerprint density at radius 3 is 2.41 bits per heavy atom. The largest absolute Gasteiger partial charge is 0.290 e. The molecular weight excluding hydrogens is 398 g/mol. The van der Waals surface area contributed by atoms with Gasteiger partial charge in [0.1, 0.15) is 17.5 Å². The van der Waals surface area contributed by atoms with Crippen molar-refractivity contribution in [1.29, 1.82) is 10.8 Å². The first-order valence-electron chi connectivity index (χ1n) is 10.4. The highest BCUT2D eigenvalue weighted by Gasteiger charge is 2.16. The van der Waals surface area contributed by atoms with E-state index in [2.05, 4.69) is 46.4 Å². The first-order valence-corrected chi connectivity index (χ1v) is 10.4. The molecule has 0 spiro atoms. The number of hydrogen-bond acceptors (Lipinski definition) is 4. The van der Waals surface area contributed by atoms with Gasteiger partial charge in [0.25, 0.3) is 0 Å². The van der Waals surface area contributed by atoms with Crippen molar-refractivity contribution in [3.8, 4) is 22.5 Å². The van der Waals surface area contributed by atoms with E-state index in [0.717, 1.165) is 34.6 Å². The van der Waals surface area contributed by atoms with Gasteiger partial charge in [0.15, 0.2) is 0 Å². The fraction of sp³-hybridized carbons (Fsp3) is 0.240. The van der Waals surface area contributed by atoms with Gasteiger partial charge in [0.2, 0.25) is 0 Å². The smallest absolute Gasteiger partial charge is 0.146 e. The number of nitrogens with one attached hydrogen (secondary N) is 2. The lowest BCUT2D eigenvalue weighted by atomic mass is 9.89. The van der Waals surface area contributed by atoms with E-state index in [4.69, 9.17) is 10.8 Å². The molecule has 0 unspecified atom stereocenters. The molecule has 0 fully saturated rings. The van der Waals surface area contributed by atoms with Gasteiger partial charge in [-0.1, -0.05) is 56.7 Å². The third-order valence-electron chi connectivity index (χ3n) is 4.86. The minimum Gasteiger partial charge on any atom is -0.290 e. The van der Waals surface area contributed by atoms with Crippen molar-refractivity contribution in [3.05, 3.63) is 71.9 Å². The van der Waals surface area contributed by atoms with Crippen molar-refractivity contribution in [2.75, 3.05) is 0 Å². The minimum atomic E-state index is -0.166. The van der Waals surface area contributed by atoms with Crippen molar-refractivity contribution >= 4 is 18.3 Å². The SMILES string of the molecule is Cc1ccc(-c2nn(C)cc2-c2ccc(=N)n(/C=C/C=C/C(=N\C=N)C(C)(C)C)n2)cc1. The maximum absolute atomic E-state index is 8.21. The van der Waals surface area contributed by atoms with Gasteiger partial charge in [0.05, 0.1) is 5.69 Å². The van der Waals surface area contributed by atoms with Gasteiger partial charge >= 0.3 is 0 Å². The molecule has 0 radical (unpaired) electrons. The van der Waals surface area contributed by atoms with Gasteiger partial charge in [-0.15, -0.1) is 0 Å². The lowest BCUT2D eigenvalue weighted by Gasteiger charge is -2.17. The summed E-state index contributed by atoms with van der Waals surface area (Å²) in [6, 6.07) is 11.8. The van der Waals surface area contributed by atoms with Gasteiger partial charge in [-0.3, -0.25) is 15.5 Å². The summed E-state index contributed by atoms with van der Waals surface area (Å²) in [7, 11) is 1.89. The van der Waals surface area contributed by atoms with E-state index >= 15 is 0 Å². The Kier molecular flexibility index (Phi) is 6.78. The Morgan fingerprint density at radius 1 is 1.03 bits per heavy atom. The van der Waals surface area contributed by atoms with Crippen LogP contribution in [0.5, 0.6) is 0 Å². The van der Waals surface area contributed by atoms with Crippen LogP contribution in [0, 0.1) is 23.2 Å². The Balaban J connectivity index is 1.94. The summed E-state index contributed by atoms with van der Waals surface area (Å²) in [5, 5.41) is 24.7. The van der Waals surface area contributed by atoms with Gasteiger partial charge in [-0.05, 0) is 31.2 Å². The maximum Gasteiger partial charge on any atom is 0.146 e. The summed E-state index contributed by atoms with van der Waals surface area (Å²) in [5.41, 5.74) is 5.61. The first-order chi connectivity index (χ1) is 15.2. The van der Waals surface area contributed by atoms with Crippen molar-refractivity contribution in [2.45, 2.75) is 27.7 Å². The predicted octanol–water partition coefficient (Wildman–Crippen LogP) is 4.86. The monoisotopic (exact) mass is 427 g/mol. The molecule has 0 atom stereocenters. The topological polar surface area (TPSA) is 95.7 Å². The van der Waals surface area contributed by atoms with E-state index in [1.54, 1.807) is 16.9 Å². The fourth-order valence-corrected chi connectivity index (χ4v) is 3.13. The standard InChI is InChI=1S/C25H29N7/c1-18-9-11-19(12-10-18)24-20(16-31(5)30-24)21-13-14-23(27)32(29-21)15-7-6-8-22(28-17-26)25(2,3)4/h6-17,26-27H,1-5H3/b8-6+,15-7+,26-17?,27-23?,28-22+. The molecule has 0 saturated carbocycles. The predicted molar refractivity (Wildman–Crippen MR) is 131 cm³/mol. The maximum atomic E-state index is 8.21. The van der Waals surface area contributed by atoms with Crippen LogP contribution in [0.3, 0.4) is 0 Å². The van der Waals surface area contributed by atoms with E-state index in [1.807, 2.05) is 58.3 Å². The van der Waals surface area contributed by atoms with Crippen molar-refractivity contribution in [2.24, 2.45) is 17.5 Å². The molecule has 0 aliphatic carbocycles. The Hall–Kier alpha value is -3.87. The summed E-state index contributed by atoms with van der Waals surface area (Å²) in [5.74, 6) is 0. The molecule has 2 N–H and O–H groups in total. The molecule has 3 rings (SSSR count). The highest BCUT2D eigenvalue weighted by molar-refractivity contribution is 6.02. The summed E-state index contributed by atoms with van der Waals surface area (Å²) < 4.78 is 3.30. The quantitative estimate of drug-likeness (QED) is 0.334. The molecule has 32 heavy (non-hydrogen) atoms. The van der Waals surface area contributed by atoms with Crippen LogP contribution in [-0.4, -0.2) is 31.6 Å². The minimum absolute atomic E-state index is 0.166. The molecule has 1 aromatic carbocycles. The number of hydrogen-bond donors (Lipinski definition) is 2. The molecule has 0 aliphatic heterocycles. The molecule has 2 aromatic heterocycles. The highest BCUT2D eigenvalue weighted by Crippen LogP contribution is 2.29. The molecule has 0 amide bonds. The summed E-state index contributed by atoms with van der Waals surface area (Å²) in [6.07, 6.45) is 10.2. The van der Waals surface area contributed by atoms with Crippen LogP contribution in [0.2, 0.25) is 0 Å². The van der Waals surface area contributed by atoms with E-state index in [-0.39, 0.29) is 10.9 Å². The van der Waals surface area contributed by atoms with Crippen molar-refractivity contribution in [3.63, 3.8) is 0 Å². The molecule has 164 valence electrons. The lowest BCUT2D eigenvalue weighted by Crippen LogP contribution is -2.18. The van der Waals surface area contributed by atoms with Crippen LogP contribution < -0.4 is 5.49 Å². The number of rotatable bonds is 6. The third kappa shape index (κ3) is 5.43. The number of nitrogens with zero attached hydrogens (tertiary/aromatic N) is 5. The fourth-order valence-electron chi connectivity index (χ4n) is 3.13. The van der Waals surface area contributed by atoms with E-state index in [1.165, 1.54) is 10.2 Å². The first kappa shape index (κ1) is 22.8. The van der Waals surface area contributed by atoms with Crippen LogP contribution >= 0.6 is 0 Å². The van der Waals surface area contributed by atoms with E-state index in [0.29, 0.717) is 0 Å². The number of aromatic nitrogens is 4. The van der Waals surface area contributed by atoms with Crippen LogP contribution in [-0.2, 0) is 7.05 Å². The second-order valence-corrected chi connectivity index (χ2v) is 8.57. The average molecular weight is 428 g/mol. The molecule has 0 aliphatic rings. The Labute approximate surface area is 188 Å². The van der Waals surface area contributed by atoms with Gasteiger partial charge in [0, 0.05) is 41.7 Å². The van der Waals surface area contributed by atoms with Crippen molar-refractivity contribution < 1.29 is 0 Å². The summed E-state index contributed by atoms with van der Waals surface area (Å²) >= 11 is 0. The normalized spacial score (nSPS) is 12.7. The molecule has 2 heterocycles. The Morgan fingerprint density at radius 2 is 1.75 bits per heavy atom. The number of allylic oxidation sites excluding steroid dienone is 3. The average Bonchev–Trinajstić information content (AvgIpc) is 3.13. The van der Waals surface area contributed by atoms with Gasteiger partial charge in [-0.2, -0.15) is 10.2 Å². The third-order valence-corrected chi connectivity index (χ3v) is 4.86. The molecule has 7 nitrogen and oxygen atoms in total. The number of benzene rings is 1. The number of aliphatic imine (C=N–C) groups is 1. The van der Waals surface area contributed by atoms with Crippen LogP contribution in [0.15, 0.2) is 65.8 Å². The van der Waals surface area contributed by atoms with Crippen LogP contribution in [0.4, 0.5) is 0 Å². The van der Waals surface area contributed by atoms with E-state index < -0.39 is 0 Å². The highest BCUT2D eigenvalue weighted by atomic mass is 15.3. The Bertz CT molecular complexity index is 1250. The van der Waals surface area contributed by atoms with Crippen LogP contribution in [0.1, 0.15) is 26.3 Å². The zero-order valence-electron chi connectivity index (χ0n) is 19.2. The lowest BCUT2D eigenvalue weighted by molar-refractivity contribution is 0.595. The van der Waals surface area contributed by atoms with Crippen molar-refractivity contribution in [1.82, 2.24) is 19.6 Å². The van der Waals surface area contributed by atoms with E-state index in [9.17, 15) is 0 Å². The second kappa shape index (κ2) is 9.51. The molecule has 0 bridgehead atoms. The molecule has 0 saturated heterocycles. The molecular formula is C25H29N7.